The number of Topliss-reactive ketones (excluding diaryl/α,β-unsaturated/α-hetero) is 1. The number of carbonyl (C=O) groups is 3. The van der Waals surface area contributed by atoms with Gasteiger partial charge < -0.3 is 9.84 Å². The minimum absolute atomic E-state index is 0.000358. The van der Waals surface area contributed by atoms with Gasteiger partial charge in [0.15, 0.2) is 0 Å². The van der Waals surface area contributed by atoms with Gasteiger partial charge in [0.25, 0.3) is 11.7 Å². The zero-order valence-electron chi connectivity index (χ0n) is 20.1. The van der Waals surface area contributed by atoms with Crippen molar-refractivity contribution in [2.24, 2.45) is 0 Å². The minimum Gasteiger partial charge on any atom is -0.507 e. The summed E-state index contributed by atoms with van der Waals surface area (Å²) in [5, 5.41) is 11.2. The van der Waals surface area contributed by atoms with Gasteiger partial charge >= 0.3 is 5.97 Å². The lowest BCUT2D eigenvalue weighted by Crippen LogP contribution is -2.29. The lowest BCUT2D eigenvalue weighted by atomic mass is 9.94. The Labute approximate surface area is 204 Å². The van der Waals surface area contributed by atoms with E-state index >= 15 is 0 Å². The molecule has 35 heavy (non-hydrogen) atoms. The molecule has 0 aliphatic carbocycles. The largest absolute Gasteiger partial charge is 0.507 e. The van der Waals surface area contributed by atoms with Crippen LogP contribution in [-0.4, -0.2) is 28.9 Å². The van der Waals surface area contributed by atoms with Gasteiger partial charge in [-0.2, -0.15) is 0 Å². The molecule has 1 aliphatic heterocycles. The average molecular weight is 470 g/mol. The van der Waals surface area contributed by atoms with E-state index in [2.05, 4.69) is 0 Å². The van der Waals surface area contributed by atoms with Crippen molar-refractivity contribution in [3.8, 4) is 0 Å². The van der Waals surface area contributed by atoms with E-state index in [0.717, 1.165) is 11.1 Å². The van der Waals surface area contributed by atoms with Crippen LogP contribution < -0.4 is 4.90 Å². The number of hydrogen-bond acceptors (Lipinski definition) is 5. The minimum atomic E-state index is -0.868. The monoisotopic (exact) mass is 469 g/mol. The van der Waals surface area contributed by atoms with Crippen LogP contribution in [-0.2, 0) is 14.3 Å². The number of rotatable bonds is 5. The van der Waals surface area contributed by atoms with E-state index in [1.807, 2.05) is 50.2 Å². The Morgan fingerprint density at radius 3 is 2.23 bits per heavy atom. The van der Waals surface area contributed by atoms with E-state index in [4.69, 9.17) is 4.74 Å². The second-order valence-electron chi connectivity index (χ2n) is 8.95. The van der Waals surface area contributed by atoms with Crippen LogP contribution in [0.1, 0.15) is 52.5 Å². The standard InChI is InChI=1S/C29H27NO5/c1-17(2)35-29(34)22-9-6-10-23(16-22)30-25(21-8-5-7-19(4)15-21)24(27(32)28(30)33)26(31)20-13-11-18(3)12-14-20/h5-17,25,31H,1-4H3/b26-24+. The number of aryl methyl sites for hydroxylation is 2. The number of esters is 1. The summed E-state index contributed by atoms with van der Waals surface area (Å²) < 4.78 is 5.30. The van der Waals surface area contributed by atoms with Gasteiger partial charge in [-0.15, -0.1) is 0 Å². The van der Waals surface area contributed by atoms with Crippen molar-refractivity contribution in [2.45, 2.75) is 39.8 Å². The summed E-state index contributed by atoms with van der Waals surface area (Å²) in [6, 6.07) is 20.1. The first-order valence-corrected chi connectivity index (χ1v) is 11.4. The van der Waals surface area contributed by atoms with Gasteiger partial charge in [0.1, 0.15) is 5.76 Å². The first kappa shape index (κ1) is 24.0. The third-order valence-electron chi connectivity index (χ3n) is 5.83. The normalized spacial score (nSPS) is 17.2. The van der Waals surface area contributed by atoms with E-state index in [9.17, 15) is 19.5 Å². The summed E-state index contributed by atoms with van der Waals surface area (Å²) in [5.74, 6) is -2.33. The van der Waals surface area contributed by atoms with E-state index in [1.54, 1.807) is 44.2 Å². The van der Waals surface area contributed by atoms with E-state index in [-0.39, 0.29) is 23.0 Å². The Kier molecular flexibility index (Phi) is 6.56. The molecule has 1 saturated heterocycles. The average Bonchev–Trinajstić information content (AvgIpc) is 3.09. The fraction of sp³-hybridized carbons (Fsp3) is 0.207. The topological polar surface area (TPSA) is 83.9 Å². The summed E-state index contributed by atoms with van der Waals surface area (Å²) in [6.45, 7) is 7.34. The van der Waals surface area contributed by atoms with Crippen LogP contribution in [0.3, 0.4) is 0 Å². The highest BCUT2D eigenvalue weighted by atomic mass is 16.5. The molecule has 6 heteroatoms. The fourth-order valence-electron chi connectivity index (χ4n) is 4.19. The molecule has 3 aromatic rings. The number of aliphatic hydroxyl groups is 1. The molecule has 3 aromatic carbocycles. The molecule has 1 unspecified atom stereocenters. The van der Waals surface area contributed by atoms with Crippen LogP contribution in [0.4, 0.5) is 5.69 Å². The van der Waals surface area contributed by atoms with Crippen molar-refractivity contribution in [2.75, 3.05) is 4.90 Å². The lowest BCUT2D eigenvalue weighted by molar-refractivity contribution is -0.132. The van der Waals surface area contributed by atoms with Crippen LogP contribution in [0.15, 0.2) is 78.4 Å². The Hall–Kier alpha value is -4.19. The molecule has 1 amide bonds. The van der Waals surface area contributed by atoms with Crippen LogP contribution in [0.2, 0.25) is 0 Å². The molecule has 1 aliphatic rings. The maximum atomic E-state index is 13.3. The molecular formula is C29H27NO5. The van der Waals surface area contributed by atoms with Gasteiger partial charge in [0.05, 0.1) is 23.3 Å². The molecule has 0 aromatic heterocycles. The van der Waals surface area contributed by atoms with Crippen molar-refractivity contribution in [1.29, 1.82) is 0 Å². The van der Waals surface area contributed by atoms with E-state index in [1.165, 1.54) is 11.0 Å². The summed E-state index contributed by atoms with van der Waals surface area (Å²) in [7, 11) is 0. The highest BCUT2D eigenvalue weighted by molar-refractivity contribution is 6.51. The molecule has 1 atom stereocenters. The van der Waals surface area contributed by atoms with Crippen molar-refractivity contribution in [1.82, 2.24) is 0 Å². The molecule has 1 heterocycles. The molecule has 0 spiro atoms. The third kappa shape index (κ3) is 4.73. The highest BCUT2D eigenvalue weighted by Gasteiger charge is 2.47. The first-order valence-electron chi connectivity index (χ1n) is 11.4. The number of hydrogen-bond donors (Lipinski definition) is 1. The molecule has 1 fully saturated rings. The predicted molar refractivity (Wildman–Crippen MR) is 134 cm³/mol. The number of ketones is 1. The Balaban J connectivity index is 1.89. The predicted octanol–water partition coefficient (Wildman–Crippen LogP) is 5.49. The summed E-state index contributed by atoms with van der Waals surface area (Å²) >= 11 is 0. The number of amides is 1. The smallest absolute Gasteiger partial charge is 0.338 e. The molecule has 178 valence electrons. The second kappa shape index (κ2) is 9.58. The summed E-state index contributed by atoms with van der Waals surface area (Å²) in [4.78, 5) is 40.5. The molecule has 0 saturated carbocycles. The van der Waals surface area contributed by atoms with Crippen LogP contribution in [0.5, 0.6) is 0 Å². The van der Waals surface area contributed by atoms with Gasteiger partial charge in [0, 0.05) is 11.3 Å². The van der Waals surface area contributed by atoms with Crippen molar-refractivity contribution >= 4 is 29.1 Å². The number of benzene rings is 3. The summed E-state index contributed by atoms with van der Waals surface area (Å²) in [5.41, 5.74) is 3.69. The molecule has 0 bridgehead atoms. The zero-order valence-corrected chi connectivity index (χ0v) is 20.1. The van der Waals surface area contributed by atoms with Gasteiger partial charge in [-0.05, 0) is 51.5 Å². The van der Waals surface area contributed by atoms with Gasteiger partial charge in [-0.25, -0.2) is 4.79 Å². The van der Waals surface area contributed by atoms with E-state index in [0.29, 0.717) is 16.8 Å². The van der Waals surface area contributed by atoms with Crippen molar-refractivity contribution in [3.63, 3.8) is 0 Å². The number of nitrogens with zero attached hydrogens (tertiary/aromatic N) is 1. The van der Waals surface area contributed by atoms with E-state index < -0.39 is 23.7 Å². The maximum Gasteiger partial charge on any atom is 0.338 e. The van der Waals surface area contributed by atoms with Gasteiger partial charge in [-0.1, -0.05) is 65.7 Å². The van der Waals surface area contributed by atoms with Crippen LogP contribution in [0.25, 0.3) is 5.76 Å². The maximum absolute atomic E-state index is 13.3. The Bertz CT molecular complexity index is 1340. The van der Waals surface area contributed by atoms with Crippen molar-refractivity contribution in [3.05, 3.63) is 106 Å². The number of carbonyl (C=O) groups excluding carboxylic acids is 3. The number of ether oxygens (including phenoxy) is 1. The first-order chi connectivity index (χ1) is 16.7. The van der Waals surface area contributed by atoms with Crippen LogP contribution >= 0.6 is 0 Å². The Morgan fingerprint density at radius 1 is 0.886 bits per heavy atom. The highest BCUT2D eigenvalue weighted by Crippen LogP contribution is 2.42. The van der Waals surface area contributed by atoms with Gasteiger partial charge in [-0.3, -0.25) is 14.5 Å². The second-order valence-corrected chi connectivity index (χ2v) is 8.95. The summed E-state index contributed by atoms with van der Waals surface area (Å²) in [6.07, 6.45) is -0.304. The Morgan fingerprint density at radius 2 is 1.57 bits per heavy atom. The van der Waals surface area contributed by atoms with Crippen LogP contribution in [0, 0.1) is 13.8 Å². The fourth-order valence-corrected chi connectivity index (χ4v) is 4.19. The van der Waals surface area contributed by atoms with Crippen molar-refractivity contribution < 1.29 is 24.2 Å². The molecule has 6 nitrogen and oxygen atoms in total. The third-order valence-corrected chi connectivity index (χ3v) is 5.83. The number of anilines is 1. The molecule has 4 rings (SSSR count). The van der Waals surface area contributed by atoms with Gasteiger partial charge in [0.2, 0.25) is 0 Å². The molecule has 1 N–H and O–H groups in total. The zero-order chi connectivity index (χ0) is 25.3. The molecular weight excluding hydrogens is 442 g/mol. The lowest BCUT2D eigenvalue weighted by Gasteiger charge is -2.26. The quantitative estimate of drug-likeness (QED) is 0.231. The number of aliphatic hydroxyl groups excluding tert-OH is 1. The SMILES string of the molecule is Cc1ccc(/C(O)=C2\C(=O)C(=O)N(c3cccc(C(=O)OC(C)C)c3)C2c2cccc(C)c2)cc1. The molecule has 0 radical (unpaired) electrons.